The van der Waals surface area contributed by atoms with E-state index in [-0.39, 0.29) is 0 Å². The molecule has 0 unspecified atom stereocenters. The Balaban J connectivity index is 1.81. The molecule has 0 atom stereocenters. The zero-order valence-corrected chi connectivity index (χ0v) is 33.0. The van der Waals surface area contributed by atoms with Crippen molar-refractivity contribution in [3.8, 4) is 0 Å². The Morgan fingerprint density at radius 1 is 0.366 bits per heavy atom. The molecule has 0 spiro atoms. The minimum absolute atomic E-state index is 0.498. The Kier molecular flexibility index (Phi) is 8.50. The normalized spacial score (nSPS) is 17.4. The van der Waals surface area contributed by atoms with E-state index < -0.39 is 53.9 Å². The molecule has 1 aliphatic rings. The molecular weight excluding hydrogens is 667 g/mol. The zero-order valence-electron chi connectivity index (χ0n) is 26.4. The van der Waals surface area contributed by atoms with E-state index in [1.807, 2.05) is 0 Å². The van der Waals surface area contributed by atoms with Crippen LogP contribution < -0.4 is 20.7 Å². The van der Waals surface area contributed by atoms with Crippen LogP contribution in [0.5, 0.6) is 0 Å². The molecular formula is C36H48SbSi4. The van der Waals surface area contributed by atoms with Gasteiger partial charge in [-0.15, -0.1) is 0 Å². The molecule has 0 nitrogen and oxygen atoms in total. The van der Waals surface area contributed by atoms with Gasteiger partial charge in [-0.05, 0) is 0 Å². The van der Waals surface area contributed by atoms with Gasteiger partial charge >= 0.3 is 266 Å². The fourth-order valence-corrected chi connectivity index (χ4v) is 58.2. The van der Waals surface area contributed by atoms with Gasteiger partial charge in [-0.25, -0.2) is 0 Å². The van der Waals surface area contributed by atoms with Crippen molar-refractivity contribution < 1.29 is 0 Å². The number of hydrogen-bond acceptors (Lipinski definition) is 0. The topological polar surface area (TPSA) is 0 Å². The van der Waals surface area contributed by atoms with E-state index >= 15 is 0 Å². The van der Waals surface area contributed by atoms with Gasteiger partial charge in [-0.1, -0.05) is 0 Å². The second-order valence-corrected chi connectivity index (χ2v) is 44.0. The summed E-state index contributed by atoms with van der Waals surface area (Å²) in [4.78, 5) is 0. The predicted molar refractivity (Wildman–Crippen MR) is 195 cm³/mol. The van der Waals surface area contributed by atoms with Crippen LogP contribution in [-0.2, 0) is 0 Å². The van der Waals surface area contributed by atoms with E-state index in [1.54, 1.807) is 20.7 Å². The maximum absolute atomic E-state index is 2.78. The summed E-state index contributed by atoms with van der Waals surface area (Å²) in [6, 6.07) is 47.3. The first-order valence-electron chi connectivity index (χ1n) is 15.3. The van der Waals surface area contributed by atoms with Crippen LogP contribution in [0.2, 0.25) is 57.6 Å². The van der Waals surface area contributed by atoms with Gasteiger partial charge in [0.15, 0.2) is 0 Å². The summed E-state index contributed by atoms with van der Waals surface area (Å²) in [5.41, 5.74) is 0. The fraction of sp³-hybridized carbons (Fsp3) is 0.333. The molecule has 1 aliphatic heterocycles. The van der Waals surface area contributed by atoms with Gasteiger partial charge in [0.25, 0.3) is 0 Å². The minimum atomic E-state index is -1.89. The summed E-state index contributed by atoms with van der Waals surface area (Å²) in [6.07, 6.45) is 2.86. The molecule has 0 saturated carbocycles. The molecule has 5 rings (SSSR count). The van der Waals surface area contributed by atoms with E-state index in [0.717, 1.165) is 0 Å². The third-order valence-electron chi connectivity index (χ3n) is 11.3. The first kappa shape index (κ1) is 31.0. The third kappa shape index (κ3) is 4.81. The van der Waals surface area contributed by atoms with E-state index in [0.29, 0.717) is 5.22 Å². The van der Waals surface area contributed by atoms with Gasteiger partial charge in [0.1, 0.15) is 0 Å². The molecule has 1 saturated heterocycles. The molecule has 0 N–H and O–H groups in total. The van der Waals surface area contributed by atoms with Crippen molar-refractivity contribution in [1.29, 1.82) is 0 Å². The van der Waals surface area contributed by atoms with Crippen LogP contribution in [-0.4, -0.2) is 53.9 Å². The van der Waals surface area contributed by atoms with Crippen LogP contribution in [0.25, 0.3) is 0 Å². The van der Waals surface area contributed by atoms with Crippen LogP contribution in [0.15, 0.2) is 121 Å². The summed E-state index contributed by atoms with van der Waals surface area (Å²) in [5.74, 6) is 0. The molecule has 1 heterocycles. The maximum atomic E-state index is 2.78. The van der Waals surface area contributed by atoms with Gasteiger partial charge in [0.2, 0.25) is 0 Å². The third-order valence-corrected chi connectivity index (χ3v) is 60.8. The van der Waals surface area contributed by atoms with Crippen molar-refractivity contribution in [3.63, 3.8) is 0 Å². The molecule has 0 aliphatic carbocycles. The quantitative estimate of drug-likeness (QED) is 0.167. The summed E-state index contributed by atoms with van der Waals surface area (Å²) in [7, 11) is -7.56. The molecule has 0 bridgehead atoms. The summed E-state index contributed by atoms with van der Waals surface area (Å²) in [6.45, 7) is 22.2. The second-order valence-electron chi connectivity index (χ2n) is 14.3. The monoisotopic (exact) mass is 713 g/mol. The van der Waals surface area contributed by atoms with E-state index in [2.05, 4.69) is 174 Å². The van der Waals surface area contributed by atoms with E-state index in [4.69, 9.17) is 0 Å². The van der Waals surface area contributed by atoms with Crippen LogP contribution in [0.4, 0.5) is 0 Å². The standard InChI is InChI=1S/C36H48Si4.Sb/c1-37(2,31-21-13-9-14-22-31)35(38(3,4)32-23-15-10-16-24-32)29-30-36(39(5,6)33-25-17-11-18-26-33)40(7,8)34-27-19-12-20-28-34;/h9-28H,29-30H2,1-8H3;. The Hall–Kier alpha value is -1.43. The molecule has 0 aromatic heterocycles. The van der Waals surface area contributed by atoms with Crippen molar-refractivity contribution in [2.45, 2.75) is 70.4 Å². The number of rotatable bonds is 8. The van der Waals surface area contributed by atoms with Crippen molar-refractivity contribution >= 4 is 74.7 Å². The summed E-state index contributed by atoms with van der Waals surface area (Å²) in [5, 5.41) is 6.73. The summed E-state index contributed by atoms with van der Waals surface area (Å²) >= 11 is -0.745. The van der Waals surface area contributed by atoms with Gasteiger partial charge in [-0.2, -0.15) is 0 Å². The van der Waals surface area contributed by atoms with Crippen molar-refractivity contribution in [1.82, 2.24) is 0 Å². The van der Waals surface area contributed by atoms with Crippen molar-refractivity contribution in [3.05, 3.63) is 121 Å². The molecule has 5 heteroatoms. The molecule has 4 aromatic rings. The average Bonchev–Trinajstić information content (AvgIpc) is 3.45. The molecule has 1 radical (unpaired) electrons. The number of hydrogen-bond donors (Lipinski definition) is 0. The molecule has 0 amide bonds. The molecule has 4 aromatic carbocycles. The zero-order chi connectivity index (χ0) is 29.6. The van der Waals surface area contributed by atoms with Gasteiger partial charge in [0.05, 0.1) is 0 Å². The average molecular weight is 715 g/mol. The first-order chi connectivity index (χ1) is 19.3. The van der Waals surface area contributed by atoms with Gasteiger partial charge in [-0.3, -0.25) is 0 Å². The molecule has 1 fully saturated rings. The second kappa shape index (κ2) is 11.2. The van der Waals surface area contributed by atoms with Crippen molar-refractivity contribution in [2.75, 3.05) is 0 Å². The van der Waals surface area contributed by atoms with Crippen LogP contribution in [0, 0.1) is 0 Å². The van der Waals surface area contributed by atoms with Crippen LogP contribution in [0.1, 0.15) is 12.8 Å². The summed E-state index contributed by atoms with van der Waals surface area (Å²) < 4.78 is 0.996. The Labute approximate surface area is 264 Å². The SMILES string of the molecule is C[Si](C)(c1ccccc1)[C]1([Si](C)(C)c2ccccc2)CC[C]([Si](C)(C)c2ccccc2)([Si](C)(C)c2ccccc2)[Sb]1. The first-order valence-corrected chi connectivity index (χ1v) is 29.8. The van der Waals surface area contributed by atoms with Crippen LogP contribution in [0.3, 0.4) is 0 Å². The van der Waals surface area contributed by atoms with Crippen LogP contribution >= 0.6 is 0 Å². The Morgan fingerprint density at radius 3 is 0.756 bits per heavy atom. The fourth-order valence-electron chi connectivity index (χ4n) is 8.55. The van der Waals surface area contributed by atoms with E-state index in [1.165, 1.54) is 12.8 Å². The van der Waals surface area contributed by atoms with Crippen molar-refractivity contribution in [2.24, 2.45) is 0 Å². The van der Waals surface area contributed by atoms with Gasteiger partial charge < -0.3 is 0 Å². The molecule has 213 valence electrons. The van der Waals surface area contributed by atoms with Gasteiger partial charge in [0, 0.05) is 0 Å². The predicted octanol–water partition coefficient (Wildman–Crippen LogP) is 7.42. The van der Waals surface area contributed by atoms with E-state index in [9.17, 15) is 0 Å². The number of benzene rings is 4. The Bertz CT molecular complexity index is 1230. The Morgan fingerprint density at radius 2 is 0.561 bits per heavy atom. The molecule has 41 heavy (non-hydrogen) atoms.